The number of rotatable bonds is 6. The van der Waals surface area contributed by atoms with E-state index in [1.165, 1.54) is 7.11 Å². The smallest absolute Gasteiger partial charge is 0.337 e. The molecule has 1 atom stereocenters. The zero-order valence-corrected chi connectivity index (χ0v) is 25.0. The second kappa shape index (κ2) is 12.5. The highest BCUT2D eigenvalue weighted by atomic mass is 16.5. The number of aldehydes is 1. The third kappa shape index (κ3) is 6.04. The zero-order chi connectivity index (χ0) is 30.8. The van der Waals surface area contributed by atoms with Crippen LogP contribution in [0.15, 0.2) is 72.8 Å². The molecule has 9 nitrogen and oxygen atoms in total. The molecule has 0 amide bonds. The fourth-order valence-corrected chi connectivity index (χ4v) is 5.90. The monoisotopic (exact) mass is 603 g/mol. The lowest BCUT2D eigenvalue weighted by molar-refractivity contribution is -0.0589. The van der Waals surface area contributed by atoms with Gasteiger partial charge in [0.15, 0.2) is 0 Å². The highest BCUT2D eigenvalue weighted by molar-refractivity contribution is 5.93. The molecule has 7 rings (SSSR count). The number of aryl methyl sites for hydroxylation is 1. The first-order valence-electron chi connectivity index (χ1n) is 15.2. The number of ether oxygens (including phenoxy) is 4. The van der Waals surface area contributed by atoms with Crippen LogP contribution in [0, 0.1) is 0 Å². The molecule has 1 saturated heterocycles. The summed E-state index contributed by atoms with van der Waals surface area (Å²) in [4.78, 5) is 33.6. The summed E-state index contributed by atoms with van der Waals surface area (Å²) in [6.45, 7) is 2.25. The first-order valence-corrected chi connectivity index (χ1v) is 15.2. The number of imidazole rings is 1. The van der Waals surface area contributed by atoms with Gasteiger partial charge in [0, 0.05) is 35.8 Å². The number of hydrogen-bond donors (Lipinski definition) is 0. The number of methoxy groups -OCH3 is 1. The van der Waals surface area contributed by atoms with Crippen molar-refractivity contribution in [2.45, 2.75) is 44.9 Å². The summed E-state index contributed by atoms with van der Waals surface area (Å²) in [5, 5.41) is 0. The lowest BCUT2D eigenvalue weighted by atomic mass is 10.0. The van der Waals surface area contributed by atoms with E-state index >= 15 is 0 Å². The fourth-order valence-electron chi connectivity index (χ4n) is 5.90. The van der Waals surface area contributed by atoms with Crippen molar-refractivity contribution in [2.75, 3.05) is 20.3 Å². The normalized spacial score (nSPS) is 16.0. The molecular formula is C36H33N3O6. The minimum Gasteiger partial charge on any atom is -0.493 e. The van der Waals surface area contributed by atoms with E-state index in [9.17, 15) is 9.59 Å². The SMILES string of the molecule is COC(=O)c1ccc2nc(Cc3ccc4cc3OCCCc3cc(C=O)ccc3COc3cccc-4n3)n(C[C@@H]3CCO3)c2c1. The van der Waals surface area contributed by atoms with E-state index in [1.807, 2.05) is 60.7 Å². The van der Waals surface area contributed by atoms with Gasteiger partial charge in [0.25, 0.3) is 0 Å². The molecular weight excluding hydrogens is 570 g/mol. The molecule has 0 spiro atoms. The van der Waals surface area contributed by atoms with Gasteiger partial charge in [-0.15, -0.1) is 0 Å². The number of esters is 1. The molecule has 2 aromatic heterocycles. The van der Waals surface area contributed by atoms with Gasteiger partial charge in [-0.3, -0.25) is 4.79 Å². The quantitative estimate of drug-likeness (QED) is 0.173. The Labute approximate surface area is 260 Å². The summed E-state index contributed by atoms with van der Waals surface area (Å²) in [7, 11) is 1.38. The van der Waals surface area contributed by atoms with E-state index in [4.69, 9.17) is 28.9 Å². The molecule has 1 fully saturated rings. The van der Waals surface area contributed by atoms with Crippen LogP contribution in [0.5, 0.6) is 11.6 Å². The van der Waals surface area contributed by atoms with Crippen LogP contribution in [0.2, 0.25) is 0 Å². The number of hydrogen-bond acceptors (Lipinski definition) is 8. The van der Waals surface area contributed by atoms with Gasteiger partial charge in [0.05, 0.1) is 48.7 Å². The summed E-state index contributed by atoms with van der Waals surface area (Å²) in [5.41, 5.74) is 7.56. The van der Waals surface area contributed by atoms with Crippen LogP contribution >= 0.6 is 0 Å². The molecule has 0 radical (unpaired) electrons. The topological polar surface area (TPSA) is 102 Å². The number of benzene rings is 3. The Morgan fingerprint density at radius 2 is 1.91 bits per heavy atom. The Hall–Kier alpha value is -5.02. The van der Waals surface area contributed by atoms with E-state index in [0.717, 1.165) is 82.7 Å². The van der Waals surface area contributed by atoms with Crippen molar-refractivity contribution in [3.05, 3.63) is 106 Å². The van der Waals surface area contributed by atoms with Crippen molar-refractivity contribution in [1.82, 2.24) is 14.5 Å². The molecule has 0 N–H and O–H groups in total. The fraction of sp³-hybridized carbons (Fsp3) is 0.278. The van der Waals surface area contributed by atoms with Crippen molar-refractivity contribution >= 4 is 23.3 Å². The molecule has 2 aliphatic rings. The molecule has 4 bridgehead atoms. The first-order chi connectivity index (χ1) is 22.1. The highest BCUT2D eigenvalue weighted by Crippen LogP contribution is 2.32. The van der Waals surface area contributed by atoms with E-state index < -0.39 is 0 Å². The lowest BCUT2D eigenvalue weighted by Crippen LogP contribution is -2.31. The van der Waals surface area contributed by atoms with Crippen LogP contribution in [-0.2, 0) is 35.5 Å². The van der Waals surface area contributed by atoms with Crippen LogP contribution in [0.3, 0.4) is 0 Å². The predicted octanol–water partition coefficient (Wildman–Crippen LogP) is 5.98. The van der Waals surface area contributed by atoms with Gasteiger partial charge < -0.3 is 23.5 Å². The maximum Gasteiger partial charge on any atom is 0.337 e. The van der Waals surface area contributed by atoms with Crippen molar-refractivity contribution in [3.8, 4) is 22.9 Å². The zero-order valence-electron chi connectivity index (χ0n) is 25.0. The van der Waals surface area contributed by atoms with Gasteiger partial charge in [-0.2, -0.15) is 0 Å². The van der Waals surface area contributed by atoms with Gasteiger partial charge >= 0.3 is 5.97 Å². The van der Waals surface area contributed by atoms with E-state index in [1.54, 1.807) is 6.07 Å². The Bertz CT molecular complexity index is 1890. The number of aromatic nitrogens is 3. The Kier molecular flexibility index (Phi) is 8.00. The summed E-state index contributed by atoms with van der Waals surface area (Å²) >= 11 is 0. The van der Waals surface area contributed by atoms with Crippen LogP contribution in [0.4, 0.5) is 0 Å². The number of nitrogens with zero attached hydrogens (tertiary/aromatic N) is 3. The predicted molar refractivity (Wildman–Crippen MR) is 168 cm³/mol. The standard InChI is InChI=1S/C36H33N3O6/c1-42-36(41)27-11-12-31-32(17-27)39(20-29-13-15-43-29)34(37-31)19-26-10-9-25-18-33(26)44-14-3-4-24-16-23(21-40)7-8-28(24)22-45-35-6-2-5-30(25)38-35/h2,5-12,16-18,21,29H,3-4,13-15,19-20,22H2,1H3/t29-/m0/s1. The molecule has 9 heteroatoms. The molecule has 2 aliphatic heterocycles. The second-order valence-corrected chi connectivity index (χ2v) is 11.4. The van der Waals surface area contributed by atoms with Crippen molar-refractivity contribution in [3.63, 3.8) is 0 Å². The van der Waals surface area contributed by atoms with Crippen molar-refractivity contribution in [2.24, 2.45) is 0 Å². The Balaban J connectivity index is 1.25. The van der Waals surface area contributed by atoms with Crippen LogP contribution in [-0.4, -0.2) is 53.2 Å². The average molecular weight is 604 g/mol. The molecule has 0 unspecified atom stereocenters. The van der Waals surface area contributed by atoms with E-state index in [0.29, 0.717) is 43.2 Å². The first kappa shape index (κ1) is 28.7. The van der Waals surface area contributed by atoms with Crippen molar-refractivity contribution < 1.29 is 28.5 Å². The summed E-state index contributed by atoms with van der Waals surface area (Å²) in [5.74, 6) is 1.76. The molecule has 228 valence electrons. The molecule has 0 aliphatic carbocycles. The van der Waals surface area contributed by atoms with Gasteiger partial charge in [0.1, 0.15) is 24.5 Å². The third-order valence-electron chi connectivity index (χ3n) is 8.45. The minimum absolute atomic E-state index is 0.0998. The number of pyridine rings is 1. The Morgan fingerprint density at radius 3 is 2.73 bits per heavy atom. The molecule has 45 heavy (non-hydrogen) atoms. The summed E-state index contributed by atoms with van der Waals surface area (Å²) < 4.78 is 25.5. The second-order valence-electron chi connectivity index (χ2n) is 11.4. The Morgan fingerprint density at radius 1 is 1.00 bits per heavy atom. The minimum atomic E-state index is -0.384. The number of carbonyl (C=O) groups is 2. The van der Waals surface area contributed by atoms with Crippen LogP contribution in [0.25, 0.3) is 22.3 Å². The van der Waals surface area contributed by atoms with Crippen molar-refractivity contribution in [1.29, 1.82) is 0 Å². The average Bonchev–Trinajstić information content (AvgIpc) is 3.39. The maximum atomic E-state index is 12.3. The van der Waals surface area contributed by atoms with Gasteiger partial charge in [-0.25, -0.2) is 14.8 Å². The number of carbonyl (C=O) groups excluding carboxylic acids is 2. The third-order valence-corrected chi connectivity index (χ3v) is 8.45. The molecule has 3 aromatic carbocycles. The highest BCUT2D eigenvalue weighted by Gasteiger charge is 2.23. The maximum absolute atomic E-state index is 12.3. The van der Waals surface area contributed by atoms with Crippen LogP contribution < -0.4 is 9.47 Å². The molecule has 5 aromatic rings. The van der Waals surface area contributed by atoms with Crippen LogP contribution in [0.1, 0.15) is 56.1 Å². The van der Waals surface area contributed by atoms with Gasteiger partial charge in [-0.1, -0.05) is 30.3 Å². The molecule has 0 saturated carbocycles. The summed E-state index contributed by atoms with van der Waals surface area (Å²) in [6, 6.07) is 23.0. The number of fused-ring (bicyclic) bond motifs is 7. The van der Waals surface area contributed by atoms with E-state index in [2.05, 4.69) is 10.6 Å². The molecule has 4 heterocycles. The summed E-state index contributed by atoms with van der Waals surface area (Å²) in [6.07, 6.45) is 3.97. The van der Waals surface area contributed by atoms with E-state index in [-0.39, 0.29) is 12.1 Å². The largest absolute Gasteiger partial charge is 0.493 e. The van der Waals surface area contributed by atoms with Gasteiger partial charge in [-0.05, 0) is 66.8 Å². The lowest BCUT2D eigenvalue weighted by Gasteiger charge is -2.27. The van der Waals surface area contributed by atoms with Gasteiger partial charge in [0.2, 0.25) is 5.88 Å².